The maximum absolute atomic E-state index is 13.6. The molecule has 1 amide bonds. The zero-order chi connectivity index (χ0) is 28.6. The van der Waals surface area contributed by atoms with E-state index in [0.717, 1.165) is 61.3 Å². The summed E-state index contributed by atoms with van der Waals surface area (Å²) in [4.78, 5) is 20.0. The van der Waals surface area contributed by atoms with E-state index in [1.54, 1.807) is 17.8 Å². The number of anilines is 1. The molecule has 2 atom stereocenters. The van der Waals surface area contributed by atoms with Crippen LogP contribution in [0.3, 0.4) is 0 Å². The number of halogens is 1. The van der Waals surface area contributed by atoms with E-state index in [1.165, 1.54) is 12.3 Å². The second-order valence-electron chi connectivity index (χ2n) is 11.5. The summed E-state index contributed by atoms with van der Waals surface area (Å²) in [6.07, 6.45) is 7.97. The Morgan fingerprint density at radius 1 is 1.12 bits per heavy atom. The Labute approximate surface area is 240 Å². The zero-order valence-corrected chi connectivity index (χ0v) is 24.1. The number of nitriles is 1. The Hall–Kier alpha value is -3.62. The van der Waals surface area contributed by atoms with E-state index in [0.29, 0.717) is 30.2 Å². The molecule has 3 aromatic rings. The van der Waals surface area contributed by atoms with Gasteiger partial charge in [-0.3, -0.25) is 13.7 Å². The Kier molecular flexibility index (Phi) is 7.38. The van der Waals surface area contributed by atoms with Crippen LogP contribution in [0.25, 0.3) is 16.9 Å². The molecule has 9 nitrogen and oxygen atoms in total. The summed E-state index contributed by atoms with van der Waals surface area (Å²) in [5.74, 6) is 0.886. The number of nitrogens with zero attached hydrogens (tertiary/aromatic N) is 5. The molecule has 0 spiro atoms. The van der Waals surface area contributed by atoms with Crippen molar-refractivity contribution in [2.24, 2.45) is 5.92 Å². The second kappa shape index (κ2) is 11.0. The molecule has 2 N–H and O–H groups in total. The van der Waals surface area contributed by atoms with Crippen molar-refractivity contribution < 1.29 is 13.4 Å². The number of nitrogens with one attached hydrogen (secondary N) is 2. The van der Waals surface area contributed by atoms with Crippen LogP contribution >= 0.6 is 0 Å². The number of carbonyl (C=O) groups excluding carboxylic acids is 1. The minimum atomic E-state index is -2.27. The predicted molar refractivity (Wildman–Crippen MR) is 158 cm³/mol. The minimum Gasteiger partial charge on any atom is -0.370 e. The summed E-state index contributed by atoms with van der Waals surface area (Å²) in [5, 5.41) is 17.5. The summed E-state index contributed by atoms with van der Waals surface area (Å²) < 4.78 is 31.0. The number of benzene rings is 1. The van der Waals surface area contributed by atoms with Crippen molar-refractivity contribution in [1.82, 2.24) is 24.8 Å². The van der Waals surface area contributed by atoms with Crippen molar-refractivity contribution in [2.75, 3.05) is 36.5 Å². The lowest BCUT2D eigenvalue weighted by Gasteiger charge is -2.36. The lowest BCUT2D eigenvalue weighted by Crippen LogP contribution is -2.49. The molecule has 2 aliphatic carbocycles. The molecule has 1 aliphatic heterocycles. The van der Waals surface area contributed by atoms with Gasteiger partial charge >= 0.3 is 0 Å². The fourth-order valence-corrected chi connectivity index (χ4v) is 7.92. The van der Waals surface area contributed by atoms with Gasteiger partial charge in [0.05, 0.1) is 18.0 Å². The topological polar surface area (TPSA) is 116 Å². The van der Waals surface area contributed by atoms with Gasteiger partial charge in [-0.05, 0) is 62.6 Å². The molecule has 11 heteroatoms. The first-order valence-electron chi connectivity index (χ1n) is 14.4. The van der Waals surface area contributed by atoms with Crippen LogP contribution in [0.2, 0.25) is 0 Å². The number of hydrogen-bond acceptors (Lipinski definition) is 6. The molecule has 2 aromatic heterocycles. The lowest BCUT2D eigenvalue weighted by atomic mass is 9.75. The van der Waals surface area contributed by atoms with Gasteiger partial charge in [0.25, 0.3) is 0 Å². The fourth-order valence-electron chi connectivity index (χ4n) is 6.12. The van der Waals surface area contributed by atoms with E-state index in [9.17, 15) is 18.7 Å². The molecule has 0 unspecified atom stereocenters. The first-order valence-corrected chi connectivity index (χ1v) is 16.5. The third-order valence-corrected chi connectivity index (χ3v) is 11.5. The highest BCUT2D eigenvalue weighted by Crippen LogP contribution is 2.43. The first kappa shape index (κ1) is 27.5. The van der Waals surface area contributed by atoms with Crippen LogP contribution in [0.4, 0.5) is 10.1 Å². The third-order valence-electron chi connectivity index (χ3n) is 8.88. The van der Waals surface area contributed by atoms with Crippen LogP contribution in [-0.2, 0) is 14.9 Å². The van der Waals surface area contributed by atoms with Crippen molar-refractivity contribution >= 4 is 21.7 Å². The normalized spacial score (nSPS) is 23.8. The number of aromatic nitrogens is 3. The number of rotatable bonds is 7. The average molecular weight is 578 g/mol. The van der Waals surface area contributed by atoms with E-state index in [-0.39, 0.29) is 17.7 Å². The molecule has 3 aliphatic rings. The van der Waals surface area contributed by atoms with Gasteiger partial charge in [0, 0.05) is 53.9 Å². The van der Waals surface area contributed by atoms with Crippen molar-refractivity contribution in [3.63, 3.8) is 0 Å². The highest BCUT2D eigenvalue weighted by molar-refractivity contribution is 8.01. The Morgan fingerprint density at radius 2 is 1.85 bits per heavy atom. The van der Waals surface area contributed by atoms with Crippen molar-refractivity contribution in [1.29, 1.82) is 5.26 Å². The van der Waals surface area contributed by atoms with Gasteiger partial charge in [-0.2, -0.15) is 10.4 Å². The van der Waals surface area contributed by atoms with E-state index >= 15 is 0 Å². The van der Waals surface area contributed by atoms with Crippen molar-refractivity contribution in [2.45, 2.75) is 50.0 Å². The molecule has 3 fully saturated rings. The molecule has 216 valence electrons. The summed E-state index contributed by atoms with van der Waals surface area (Å²) in [7, 11) is -0.494. The standard InChI is InChI=1S/C30H36FN7O2S/c1-33-41(40)16-14-37(15-17-41)23-9-6-21(7-10-23)26-19-38(27-11-8-22(31)18-34-27)36-28(26)24-4-2-3-5-25(24)29(39)35-30(20-32)12-13-30/h6-11,18-19,24-25,41H,2-5,12-17H2,1H3,(H,33,40)(H,35,39)/t24-,25-/m1/s1. The molecule has 0 bridgehead atoms. The third kappa shape index (κ3) is 5.63. The van der Waals surface area contributed by atoms with Gasteiger partial charge in [-0.25, -0.2) is 14.1 Å². The Bertz CT molecular complexity index is 1500. The maximum Gasteiger partial charge on any atom is 0.225 e. The van der Waals surface area contributed by atoms with Gasteiger partial charge in [0.15, 0.2) is 5.82 Å². The number of hydrogen-bond donors (Lipinski definition) is 3. The van der Waals surface area contributed by atoms with E-state index in [2.05, 4.69) is 50.3 Å². The van der Waals surface area contributed by atoms with Gasteiger partial charge in [0.1, 0.15) is 11.4 Å². The Morgan fingerprint density at radius 3 is 2.49 bits per heavy atom. The van der Waals surface area contributed by atoms with Gasteiger partial charge < -0.3 is 10.2 Å². The average Bonchev–Trinajstić information content (AvgIpc) is 3.64. The van der Waals surface area contributed by atoms with Crippen molar-refractivity contribution in [3.05, 3.63) is 60.3 Å². The van der Waals surface area contributed by atoms with Gasteiger partial charge in [-0.1, -0.05) is 35.1 Å². The number of carbonyl (C=O) groups is 1. The zero-order valence-electron chi connectivity index (χ0n) is 23.2. The molecule has 1 saturated heterocycles. The molecular weight excluding hydrogens is 541 g/mol. The van der Waals surface area contributed by atoms with Crippen LogP contribution in [0.5, 0.6) is 0 Å². The summed E-state index contributed by atoms with van der Waals surface area (Å²) in [5.41, 5.74) is 3.05. The van der Waals surface area contributed by atoms with Crippen LogP contribution < -0.4 is 14.9 Å². The van der Waals surface area contributed by atoms with Gasteiger partial charge in [-0.15, -0.1) is 0 Å². The smallest absolute Gasteiger partial charge is 0.225 e. The second-order valence-corrected chi connectivity index (χ2v) is 14.6. The highest BCUT2D eigenvalue weighted by Gasteiger charge is 2.47. The van der Waals surface area contributed by atoms with E-state index in [4.69, 9.17) is 5.10 Å². The molecule has 0 radical (unpaired) electrons. The molecule has 1 aromatic carbocycles. The summed E-state index contributed by atoms with van der Waals surface area (Å²) in [6.45, 7) is 1.47. The SMILES string of the molecule is CN[SH]1(=O)CCN(c2ccc(-c3cn(-c4ccc(F)cn4)nc3[C@@H]3CCCC[C@H]3C(=O)NC3(C#N)CC3)cc2)CC1. The van der Waals surface area contributed by atoms with Crippen LogP contribution in [0.15, 0.2) is 48.8 Å². The molecule has 41 heavy (non-hydrogen) atoms. The monoisotopic (exact) mass is 577 g/mol. The largest absolute Gasteiger partial charge is 0.370 e. The van der Waals surface area contributed by atoms with E-state index < -0.39 is 21.5 Å². The predicted octanol–water partition coefficient (Wildman–Crippen LogP) is 3.49. The summed E-state index contributed by atoms with van der Waals surface area (Å²) in [6, 6.07) is 13.5. The van der Waals surface area contributed by atoms with Crippen LogP contribution in [0.1, 0.15) is 50.1 Å². The van der Waals surface area contributed by atoms with E-state index in [1.807, 2.05) is 6.20 Å². The summed E-state index contributed by atoms with van der Waals surface area (Å²) >= 11 is 0. The lowest BCUT2D eigenvalue weighted by molar-refractivity contribution is -0.127. The number of pyridine rings is 1. The Balaban J connectivity index is 1.33. The molecule has 3 heterocycles. The quantitative estimate of drug-likeness (QED) is 0.371. The van der Waals surface area contributed by atoms with Crippen LogP contribution in [-0.4, -0.2) is 62.1 Å². The first-order chi connectivity index (χ1) is 19.8. The van der Waals surface area contributed by atoms with Crippen LogP contribution in [0, 0.1) is 23.1 Å². The fraction of sp³-hybridized carbons (Fsp3) is 0.467. The molecule has 6 rings (SSSR count). The highest BCUT2D eigenvalue weighted by atomic mass is 32.3. The molecular formula is C30H36FN7O2S. The van der Waals surface area contributed by atoms with Gasteiger partial charge in [0.2, 0.25) is 5.91 Å². The minimum absolute atomic E-state index is 0.0755. The number of amides is 1. The molecule has 2 saturated carbocycles. The van der Waals surface area contributed by atoms with Crippen molar-refractivity contribution in [3.8, 4) is 23.0 Å². The number of thiol groups is 1. The maximum atomic E-state index is 13.6.